The molecule has 0 bridgehead atoms. The number of hydrogen-bond acceptors (Lipinski definition) is 3. The predicted molar refractivity (Wildman–Crippen MR) is 88.7 cm³/mol. The Morgan fingerprint density at radius 3 is 2.55 bits per heavy atom. The second-order valence-electron chi connectivity index (χ2n) is 6.38. The van der Waals surface area contributed by atoms with Crippen LogP contribution in [-0.2, 0) is 9.53 Å². The minimum absolute atomic E-state index is 0.0546. The molecular weight excluding hydrogens is 276 g/mol. The van der Waals surface area contributed by atoms with Crippen molar-refractivity contribution in [3.8, 4) is 0 Å². The van der Waals surface area contributed by atoms with Crippen molar-refractivity contribution in [2.75, 3.05) is 32.8 Å². The standard InChI is InChI=1S/C18H28N2O2/c1-15(2)8-9-18(21)19-17(16-6-4-3-5-7-16)14-20-10-12-22-13-11-20/h3-7,15,17H,8-14H2,1-2H3,(H,19,21). The minimum Gasteiger partial charge on any atom is -0.379 e. The van der Waals surface area contributed by atoms with E-state index in [0.717, 1.165) is 39.3 Å². The van der Waals surface area contributed by atoms with Gasteiger partial charge in [-0.3, -0.25) is 9.69 Å². The molecule has 22 heavy (non-hydrogen) atoms. The normalized spacial score (nSPS) is 17.4. The van der Waals surface area contributed by atoms with Crippen LogP contribution in [0.15, 0.2) is 30.3 Å². The fourth-order valence-electron chi connectivity index (χ4n) is 2.65. The van der Waals surface area contributed by atoms with E-state index in [0.29, 0.717) is 12.3 Å². The van der Waals surface area contributed by atoms with Gasteiger partial charge < -0.3 is 10.1 Å². The molecule has 1 N–H and O–H groups in total. The van der Waals surface area contributed by atoms with Gasteiger partial charge in [0.15, 0.2) is 0 Å². The lowest BCUT2D eigenvalue weighted by atomic mass is 10.0. The van der Waals surface area contributed by atoms with Crippen molar-refractivity contribution in [2.24, 2.45) is 5.92 Å². The van der Waals surface area contributed by atoms with Crippen molar-refractivity contribution in [2.45, 2.75) is 32.7 Å². The maximum absolute atomic E-state index is 12.2. The fraction of sp³-hybridized carbons (Fsp3) is 0.611. The molecule has 1 amide bonds. The largest absolute Gasteiger partial charge is 0.379 e. The Labute approximate surface area is 133 Å². The number of carbonyl (C=O) groups excluding carboxylic acids is 1. The number of hydrogen-bond donors (Lipinski definition) is 1. The number of carbonyl (C=O) groups is 1. The summed E-state index contributed by atoms with van der Waals surface area (Å²) in [5.41, 5.74) is 1.17. The van der Waals surface area contributed by atoms with Crippen LogP contribution in [0.4, 0.5) is 0 Å². The summed E-state index contributed by atoms with van der Waals surface area (Å²) in [7, 11) is 0. The summed E-state index contributed by atoms with van der Waals surface area (Å²) in [5.74, 6) is 0.705. The zero-order valence-electron chi connectivity index (χ0n) is 13.8. The van der Waals surface area contributed by atoms with Crippen LogP contribution >= 0.6 is 0 Å². The molecule has 1 saturated heterocycles. The summed E-state index contributed by atoms with van der Waals surface area (Å²) in [6, 6.07) is 10.3. The molecule has 122 valence electrons. The van der Waals surface area contributed by atoms with Crippen molar-refractivity contribution >= 4 is 5.91 Å². The molecule has 1 aliphatic heterocycles. The molecular formula is C18H28N2O2. The lowest BCUT2D eigenvalue weighted by Gasteiger charge is -2.31. The van der Waals surface area contributed by atoms with E-state index in [1.165, 1.54) is 5.56 Å². The smallest absolute Gasteiger partial charge is 0.220 e. The van der Waals surface area contributed by atoms with Crippen LogP contribution < -0.4 is 5.32 Å². The Hall–Kier alpha value is -1.39. The van der Waals surface area contributed by atoms with E-state index in [4.69, 9.17) is 4.74 Å². The highest BCUT2D eigenvalue weighted by Gasteiger charge is 2.20. The fourth-order valence-corrected chi connectivity index (χ4v) is 2.65. The van der Waals surface area contributed by atoms with E-state index in [9.17, 15) is 4.79 Å². The molecule has 1 aromatic carbocycles. The summed E-state index contributed by atoms with van der Waals surface area (Å²) in [6.45, 7) is 8.58. The summed E-state index contributed by atoms with van der Waals surface area (Å²) in [4.78, 5) is 14.6. The third-order valence-corrected chi connectivity index (χ3v) is 4.03. The third-order valence-electron chi connectivity index (χ3n) is 4.03. The lowest BCUT2D eigenvalue weighted by Crippen LogP contribution is -2.43. The zero-order chi connectivity index (χ0) is 15.8. The van der Waals surface area contributed by atoms with E-state index in [2.05, 4.69) is 36.2 Å². The highest BCUT2D eigenvalue weighted by Crippen LogP contribution is 2.16. The molecule has 1 unspecified atom stereocenters. The first-order chi connectivity index (χ1) is 10.6. The molecule has 1 fully saturated rings. The SMILES string of the molecule is CC(C)CCC(=O)NC(CN1CCOCC1)c1ccccc1. The predicted octanol–water partition coefficient (Wildman–Crippen LogP) is 2.61. The second kappa shape index (κ2) is 8.91. The Morgan fingerprint density at radius 1 is 1.23 bits per heavy atom. The number of nitrogens with zero attached hydrogens (tertiary/aromatic N) is 1. The van der Waals surface area contributed by atoms with E-state index in [1.54, 1.807) is 0 Å². The molecule has 4 nitrogen and oxygen atoms in total. The average molecular weight is 304 g/mol. The van der Waals surface area contributed by atoms with E-state index < -0.39 is 0 Å². The van der Waals surface area contributed by atoms with Crippen LogP contribution in [0.5, 0.6) is 0 Å². The van der Waals surface area contributed by atoms with Gasteiger partial charge in [-0.15, -0.1) is 0 Å². The van der Waals surface area contributed by atoms with Gasteiger partial charge in [-0.2, -0.15) is 0 Å². The molecule has 0 spiro atoms. The molecule has 1 heterocycles. The Kier molecular flexibility index (Phi) is 6.87. The quantitative estimate of drug-likeness (QED) is 0.842. The molecule has 0 radical (unpaired) electrons. The van der Waals surface area contributed by atoms with Crippen LogP contribution in [-0.4, -0.2) is 43.7 Å². The van der Waals surface area contributed by atoms with Crippen LogP contribution in [0.25, 0.3) is 0 Å². The molecule has 4 heteroatoms. The zero-order valence-corrected chi connectivity index (χ0v) is 13.8. The third kappa shape index (κ3) is 5.78. The molecule has 0 aliphatic carbocycles. The summed E-state index contributed by atoms with van der Waals surface area (Å²) in [5, 5.41) is 3.21. The van der Waals surface area contributed by atoms with Gasteiger partial charge >= 0.3 is 0 Å². The number of benzene rings is 1. The van der Waals surface area contributed by atoms with Gasteiger partial charge in [0.25, 0.3) is 0 Å². The Balaban J connectivity index is 1.96. The summed E-state index contributed by atoms with van der Waals surface area (Å²) in [6.07, 6.45) is 1.54. The van der Waals surface area contributed by atoms with Crippen molar-refractivity contribution < 1.29 is 9.53 Å². The average Bonchev–Trinajstić information content (AvgIpc) is 2.54. The molecule has 1 aliphatic rings. The Morgan fingerprint density at radius 2 is 1.91 bits per heavy atom. The molecule has 0 saturated carbocycles. The number of nitrogens with one attached hydrogen (secondary N) is 1. The summed E-state index contributed by atoms with van der Waals surface area (Å²) < 4.78 is 5.40. The van der Waals surface area contributed by atoms with Gasteiger partial charge in [-0.25, -0.2) is 0 Å². The van der Waals surface area contributed by atoms with Gasteiger partial charge in [0.05, 0.1) is 19.3 Å². The van der Waals surface area contributed by atoms with Gasteiger partial charge in [0, 0.05) is 26.1 Å². The topological polar surface area (TPSA) is 41.6 Å². The van der Waals surface area contributed by atoms with Crippen LogP contribution in [0.2, 0.25) is 0 Å². The van der Waals surface area contributed by atoms with Gasteiger partial charge in [-0.05, 0) is 17.9 Å². The van der Waals surface area contributed by atoms with Crippen molar-refractivity contribution in [3.05, 3.63) is 35.9 Å². The van der Waals surface area contributed by atoms with Crippen molar-refractivity contribution in [1.82, 2.24) is 10.2 Å². The Bertz CT molecular complexity index is 442. The van der Waals surface area contributed by atoms with Crippen LogP contribution in [0, 0.1) is 5.92 Å². The van der Waals surface area contributed by atoms with Gasteiger partial charge in [0.1, 0.15) is 0 Å². The highest BCUT2D eigenvalue weighted by molar-refractivity contribution is 5.76. The van der Waals surface area contributed by atoms with E-state index in [-0.39, 0.29) is 11.9 Å². The van der Waals surface area contributed by atoms with E-state index >= 15 is 0 Å². The number of ether oxygens (including phenoxy) is 1. The van der Waals surface area contributed by atoms with Gasteiger partial charge in [-0.1, -0.05) is 44.2 Å². The van der Waals surface area contributed by atoms with Gasteiger partial charge in [0.2, 0.25) is 5.91 Å². The van der Waals surface area contributed by atoms with Crippen LogP contribution in [0.3, 0.4) is 0 Å². The first kappa shape index (κ1) is 17.0. The number of morpholine rings is 1. The molecule has 1 aromatic rings. The second-order valence-corrected chi connectivity index (χ2v) is 6.38. The molecule has 1 atom stereocenters. The highest BCUT2D eigenvalue weighted by atomic mass is 16.5. The van der Waals surface area contributed by atoms with Crippen molar-refractivity contribution in [3.63, 3.8) is 0 Å². The minimum atomic E-state index is 0.0546. The maximum atomic E-state index is 12.2. The number of rotatable bonds is 7. The van der Waals surface area contributed by atoms with Crippen molar-refractivity contribution in [1.29, 1.82) is 0 Å². The lowest BCUT2D eigenvalue weighted by molar-refractivity contribution is -0.122. The van der Waals surface area contributed by atoms with Crippen LogP contribution in [0.1, 0.15) is 38.3 Å². The number of amides is 1. The monoisotopic (exact) mass is 304 g/mol. The first-order valence-corrected chi connectivity index (χ1v) is 8.29. The van der Waals surface area contributed by atoms with E-state index in [1.807, 2.05) is 18.2 Å². The molecule has 2 rings (SSSR count). The first-order valence-electron chi connectivity index (χ1n) is 8.29. The molecule has 0 aromatic heterocycles. The summed E-state index contributed by atoms with van der Waals surface area (Å²) >= 11 is 0. The maximum Gasteiger partial charge on any atom is 0.220 e.